The van der Waals surface area contributed by atoms with Crippen molar-refractivity contribution in [3.63, 3.8) is 0 Å². The van der Waals surface area contributed by atoms with Crippen LogP contribution in [0.1, 0.15) is 18.2 Å². The molecule has 1 heterocycles. The highest BCUT2D eigenvalue weighted by atomic mass is 16.5. The smallest absolute Gasteiger partial charge is 0.194 e. The lowest BCUT2D eigenvalue weighted by molar-refractivity contribution is 0.396. The third-order valence-electron chi connectivity index (χ3n) is 3.25. The molecule has 2 N–H and O–H groups in total. The summed E-state index contributed by atoms with van der Waals surface area (Å²) in [5, 5.41) is 10.2. The topological polar surface area (TPSA) is 65.5 Å². The van der Waals surface area contributed by atoms with Crippen LogP contribution in [0.5, 0.6) is 5.75 Å². The van der Waals surface area contributed by atoms with Crippen molar-refractivity contribution in [1.82, 2.24) is 20.4 Å². The third-order valence-corrected chi connectivity index (χ3v) is 3.25. The van der Waals surface area contributed by atoms with Gasteiger partial charge in [-0.15, -0.1) is 0 Å². The number of hydrogen-bond acceptors (Lipinski definition) is 3. The van der Waals surface area contributed by atoms with Gasteiger partial charge in [-0.05, 0) is 19.1 Å². The number of ether oxygens (including phenoxy) is 1. The van der Waals surface area contributed by atoms with Crippen LogP contribution in [0.15, 0.2) is 41.5 Å². The van der Waals surface area contributed by atoms with E-state index in [1.165, 1.54) is 0 Å². The minimum absolute atomic E-state index is 0.568. The molecule has 0 unspecified atom stereocenters. The maximum atomic E-state index is 5.40. The predicted octanol–water partition coefficient (Wildman–Crippen LogP) is 2.02. The van der Waals surface area contributed by atoms with Crippen LogP contribution < -0.4 is 10.1 Å². The molecule has 0 aliphatic carbocycles. The fraction of sp³-hybridized carbons (Fsp3) is 0.375. The van der Waals surface area contributed by atoms with Gasteiger partial charge in [-0.25, -0.2) is 4.99 Å². The first-order chi connectivity index (χ1) is 10.7. The molecule has 0 saturated carbocycles. The number of H-pyrrole nitrogens is 1. The lowest BCUT2D eigenvalue weighted by atomic mass is 10.2. The SMILES string of the molecule is CCNC(=NCc1ccn[nH]1)N(C)Cc1ccccc1OC. The molecule has 2 aromatic rings. The number of hydrogen-bond donors (Lipinski definition) is 2. The van der Waals surface area contributed by atoms with Crippen molar-refractivity contribution in [3.8, 4) is 5.75 Å². The van der Waals surface area contributed by atoms with Crippen LogP contribution in [0.2, 0.25) is 0 Å². The summed E-state index contributed by atoms with van der Waals surface area (Å²) in [6.45, 7) is 4.16. The van der Waals surface area contributed by atoms with E-state index in [2.05, 4.69) is 38.4 Å². The van der Waals surface area contributed by atoms with Crippen LogP contribution in [0.25, 0.3) is 0 Å². The number of para-hydroxylation sites is 1. The Bertz CT molecular complexity index is 594. The van der Waals surface area contributed by atoms with E-state index in [0.29, 0.717) is 6.54 Å². The molecule has 0 saturated heterocycles. The van der Waals surface area contributed by atoms with Crippen LogP contribution in [0.4, 0.5) is 0 Å². The number of nitrogens with one attached hydrogen (secondary N) is 2. The maximum absolute atomic E-state index is 5.40. The first-order valence-electron chi connectivity index (χ1n) is 7.34. The summed E-state index contributed by atoms with van der Waals surface area (Å²) in [5.74, 6) is 1.74. The fourth-order valence-corrected chi connectivity index (χ4v) is 2.17. The van der Waals surface area contributed by atoms with E-state index in [1.807, 2.05) is 31.3 Å². The summed E-state index contributed by atoms with van der Waals surface area (Å²) < 4.78 is 5.40. The maximum Gasteiger partial charge on any atom is 0.194 e. The molecule has 0 bridgehead atoms. The van der Waals surface area contributed by atoms with Crippen molar-refractivity contribution in [1.29, 1.82) is 0 Å². The highest BCUT2D eigenvalue weighted by Crippen LogP contribution is 2.18. The summed E-state index contributed by atoms with van der Waals surface area (Å²) in [5.41, 5.74) is 2.11. The molecule has 1 aromatic carbocycles. The first-order valence-corrected chi connectivity index (χ1v) is 7.34. The van der Waals surface area contributed by atoms with Crippen molar-refractivity contribution in [2.45, 2.75) is 20.0 Å². The second-order valence-corrected chi connectivity index (χ2v) is 4.92. The van der Waals surface area contributed by atoms with Gasteiger partial charge in [0.05, 0.1) is 19.3 Å². The molecular formula is C16H23N5O. The van der Waals surface area contributed by atoms with E-state index >= 15 is 0 Å². The van der Waals surface area contributed by atoms with Crippen LogP contribution in [-0.2, 0) is 13.1 Å². The zero-order valence-electron chi connectivity index (χ0n) is 13.3. The molecule has 6 heteroatoms. The van der Waals surface area contributed by atoms with Crippen molar-refractivity contribution in [3.05, 3.63) is 47.8 Å². The van der Waals surface area contributed by atoms with Gasteiger partial charge in [0.1, 0.15) is 5.75 Å². The standard InChI is InChI=1S/C16H23N5O/c1-4-17-16(18-11-14-9-10-19-20-14)21(2)12-13-7-5-6-8-15(13)22-3/h5-10H,4,11-12H2,1-3H3,(H,17,18)(H,19,20). The van der Waals surface area contributed by atoms with Crippen molar-refractivity contribution >= 4 is 5.96 Å². The molecule has 0 aliphatic rings. The monoisotopic (exact) mass is 301 g/mol. The zero-order valence-corrected chi connectivity index (χ0v) is 13.3. The number of aromatic amines is 1. The average Bonchev–Trinajstić information content (AvgIpc) is 3.05. The molecule has 1 aromatic heterocycles. The Labute approximate surface area is 131 Å². The van der Waals surface area contributed by atoms with Gasteiger partial charge in [-0.3, -0.25) is 5.10 Å². The Kier molecular flexibility index (Phi) is 5.82. The van der Waals surface area contributed by atoms with E-state index in [4.69, 9.17) is 4.74 Å². The largest absolute Gasteiger partial charge is 0.496 e. The lowest BCUT2D eigenvalue weighted by Gasteiger charge is -2.23. The lowest BCUT2D eigenvalue weighted by Crippen LogP contribution is -2.38. The molecule has 0 radical (unpaired) electrons. The van der Waals surface area contributed by atoms with E-state index in [0.717, 1.165) is 36.1 Å². The molecule has 0 spiro atoms. The number of benzene rings is 1. The Morgan fingerprint density at radius 3 is 2.86 bits per heavy atom. The summed E-state index contributed by atoms with van der Waals surface area (Å²) in [6.07, 6.45) is 1.73. The molecular weight excluding hydrogens is 278 g/mol. The Hall–Kier alpha value is -2.50. The Balaban J connectivity index is 2.08. The molecule has 6 nitrogen and oxygen atoms in total. The summed E-state index contributed by atoms with van der Waals surface area (Å²) >= 11 is 0. The molecule has 22 heavy (non-hydrogen) atoms. The zero-order chi connectivity index (χ0) is 15.8. The van der Waals surface area contributed by atoms with E-state index in [9.17, 15) is 0 Å². The van der Waals surface area contributed by atoms with Crippen molar-refractivity contribution in [2.24, 2.45) is 4.99 Å². The number of nitrogens with zero attached hydrogens (tertiary/aromatic N) is 3. The fourth-order valence-electron chi connectivity index (χ4n) is 2.17. The van der Waals surface area contributed by atoms with Gasteiger partial charge in [0, 0.05) is 31.9 Å². The van der Waals surface area contributed by atoms with Crippen LogP contribution in [0.3, 0.4) is 0 Å². The van der Waals surface area contributed by atoms with Gasteiger partial charge >= 0.3 is 0 Å². The molecule has 2 rings (SSSR count). The van der Waals surface area contributed by atoms with Gasteiger partial charge < -0.3 is 15.0 Å². The second kappa shape index (κ2) is 8.07. The molecule has 0 fully saturated rings. The van der Waals surface area contributed by atoms with Gasteiger partial charge in [0.2, 0.25) is 0 Å². The number of guanidine groups is 1. The number of aromatic nitrogens is 2. The van der Waals surface area contributed by atoms with Gasteiger partial charge in [0.15, 0.2) is 5.96 Å². The van der Waals surface area contributed by atoms with E-state index < -0.39 is 0 Å². The quantitative estimate of drug-likeness (QED) is 0.633. The first kappa shape index (κ1) is 15.9. The van der Waals surface area contributed by atoms with Crippen molar-refractivity contribution < 1.29 is 4.74 Å². The normalized spacial score (nSPS) is 11.3. The second-order valence-electron chi connectivity index (χ2n) is 4.92. The molecule has 118 valence electrons. The molecule has 0 aliphatic heterocycles. The summed E-state index contributed by atoms with van der Waals surface area (Å²) in [6, 6.07) is 9.94. The minimum Gasteiger partial charge on any atom is -0.496 e. The number of rotatable bonds is 6. The van der Waals surface area contributed by atoms with Crippen LogP contribution >= 0.6 is 0 Å². The Morgan fingerprint density at radius 1 is 1.36 bits per heavy atom. The Morgan fingerprint density at radius 2 is 2.18 bits per heavy atom. The van der Waals surface area contributed by atoms with Gasteiger partial charge in [0.25, 0.3) is 0 Å². The van der Waals surface area contributed by atoms with Crippen LogP contribution in [-0.4, -0.2) is 41.8 Å². The van der Waals surface area contributed by atoms with Gasteiger partial charge in [-0.2, -0.15) is 5.10 Å². The average molecular weight is 301 g/mol. The molecule has 0 atom stereocenters. The van der Waals surface area contributed by atoms with Gasteiger partial charge in [-0.1, -0.05) is 18.2 Å². The number of aliphatic imine (C=N–C) groups is 1. The van der Waals surface area contributed by atoms with Crippen LogP contribution in [0, 0.1) is 0 Å². The van der Waals surface area contributed by atoms with E-state index in [1.54, 1.807) is 13.3 Å². The third kappa shape index (κ3) is 4.25. The van der Waals surface area contributed by atoms with E-state index in [-0.39, 0.29) is 0 Å². The van der Waals surface area contributed by atoms with Crippen molar-refractivity contribution in [2.75, 3.05) is 20.7 Å². The molecule has 0 amide bonds. The highest BCUT2D eigenvalue weighted by Gasteiger charge is 2.09. The minimum atomic E-state index is 0.568. The number of methoxy groups -OCH3 is 1. The predicted molar refractivity (Wildman–Crippen MR) is 87.9 cm³/mol. The summed E-state index contributed by atoms with van der Waals surface area (Å²) in [4.78, 5) is 6.71. The highest BCUT2D eigenvalue weighted by molar-refractivity contribution is 5.79. The summed E-state index contributed by atoms with van der Waals surface area (Å²) in [7, 11) is 3.71.